The molecule has 1 unspecified atom stereocenters. The molecule has 0 radical (unpaired) electrons. The summed E-state index contributed by atoms with van der Waals surface area (Å²) in [6.07, 6.45) is 1.43. The molecule has 0 fully saturated rings. The molecular formula is C14H15N3O3. The number of benzene rings is 1. The second-order valence-corrected chi connectivity index (χ2v) is 4.58. The Hall–Kier alpha value is -2.63. The highest BCUT2D eigenvalue weighted by molar-refractivity contribution is 6.04. The molecule has 104 valence electrons. The first kappa shape index (κ1) is 13.8. The molecule has 0 saturated carbocycles. The normalized spacial score (nSPS) is 12.1. The third-order valence-corrected chi connectivity index (χ3v) is 2.90. The maximum Gasteiger partial charge on any atom is 0.339 e. The molecule has 6 nitrogen and oxygen atoms in total. The minimum Gasteiger partial charge on any atom is -0.478 e. The van der Waals surface area contributed by atoms with Gasteiger partial charge in [0.15, 0.2) is 0 Å². The topological polar surface area (TPSA) is 105 Å². The van der Waals surface area contributed by atoms with Crippen molar-refractivity contribution in [2.75, 3.05) is 5.32 Å². The lowest BCUT2D eigenvalue weighted by Crippen LogP contribution is -2.25. The van der Waals surface area contributed by atoms with Crippen LogP contribution in [0.3, 0.4) is 0 Å². The predicted octanol–water partition coefficient (Wildman–Crippen LogP) is 1.61. The molecule has 2 rings (SSSR count). The van der Waals surface area contributed by atoms with E-state index in [9.17, 15) is 14.7 Å². The summed E-state index contributed by atoms with van der Waals surface area (Å²) in [4.78, 5) is 26.4. The Kier molecular flexibility index (Phi) is 3.84. The van der Waals surface area contributed by atoms with Crippen LogP contribution in [0, 0.1) is 0 Å². The Labute approximate surface area is 115 Å². The number of nitrogens with one attached hydrogen (secondary N) is 1. The molecule has 0 saturated heterocycles. The van der Waals surface area contributed by atoms with Gasteiger partial charge in [0, 0.05) is 24.0 Å². The van der Waals surface area contributed by atoms with E-state index < -0.39 is 11.9 Å². The van der Waals surface area contributed by atoms with Gasteiger partial charge in [-0.3, -0.25) is 9.78 Å². The molecule has 1 amide bonds. The SMILES string of the molecule is CC(CC(N)=O)Nc1c(C(=O)O)cnc2ccccc12. The van der Waals surface area contributed by atoms with Gasteiger partial charge in [0.2, 0.25) is 5.91 Å². The van der Waals surface area contributed by atoms with E-state index >= 15 is 0 Å². The van der Waals surface area contributed by atoms with Crippen LogP contribution in [-0.4, -0.2) is 28.0 Å². The van der Waals surface area contributed by atoms with Gasteiger partial charge in [0.25, 0.3) is 0 Å². The van der Waals surface area contributed by atoms with Crippen LogP contribution < -0.4 is 11.1 Å². The first-order valence-electron chi connectivity index (χ1n) is 6.15. The number of pyridine rings is 1. The zero-order chi connectivity index (χ0) is 14.7. The Morgan fingerprint density at radius 2 is 2.10 bits per heavy atom. The maximum absolute atomic E-state index is 11.3. The van der Waals surface area contributed by atoms with Gasteiger partial charge in [-0.05, 0) is 13.0 Å². The number of para-hydroxylation sites is 1. The average Bonchev–Trinajstić information content (AvgIpc) is 2.37. The highest BCUT2D eigenvalue weighted by Gasteiger charge is 2.16. The maximum atomic E-state index is 11.3. The fraction of sp³-hybridized carbons (Fsp3) is 0.214. The summed E-state index contributed by atoms with van der Waals surface area (Å²) < 4.78 is 0. The van der Waals surface area contributed by atoms with Crippen molar-refractivity contribution in [2.24, 2.45) is 5.73 Å². The van der Waals surface area contributed by atoms with Crippen LogP contribution in [0.25, 0.3) is 10.9 Å². The largest absolute Gasteiger partial charge is 0.478 e. The molecule has 0 aliphatic heterocycles. The van der Waals surface area contributed by atoms with Crippen molar-refractivity contribution >= 4 is 28.5 Å². The molecule has 2 aromatic rings. The Morgan fingerprint density at radius 3 is 2.75 bits per heavy atom. The number of primary amides is 1. The third kappa shape index (κ3) is 2.85. The number of nitrogens with two attached hydrogens (primary N) is 1. The molecule has 0 bridgehead atoms. The fourth-order valence-electron chi connectivity index (χ4n) is 2.06. The van der Waals surface area contributed by atoms with Crippen LogP contribution in [0.1, 0.15) is 23.7 Å². The van der Waals surface area contributed by atoms with E-state index in [1.54, 1.807) is 25.1 Å². The number of carboxylic acids is 1. The molecule has 1 aromatic heterocycles. The van der Waals surface area contributed by atoms with Crippen LogP contribution in [0.15, 0.2) is 30.5 Å². The van der Waals surface area contributed by atoms with Gasteiger partial charge in [0.05, 0.1) is 11.2 Å². The smallest absolute Gasteiger partial charge is 0.339 e. The Balaban J connectivity index is 2.49. The molecule has 0 aliphatic carbocycles. The van der Waals surface area contributed by atoms with Crippen LogP contribution in [0.4, 0.5) is 5.69 Å². The molecule has 1 heterocycles. The number of aromatic nitrogens is 1. The lowest BCUT2D eigenvalue weighted by Gasteiger charge is -2.17. The highest BCUT2D eigenvalue weighted by atomic mass is 16.4. The molecule has 1 atom stereocenters. The van der Waals surface area contributed by atoms with E-state index in [0.717, 1.165) is 0 Å². The van der Waals surface area contributed by atoms with E-state index in [0.29, 0.717) is 16.6 Å². The molecular weight excluding hydrogens is 258 g/mol. The fourth-order valence-corrected chi connectivity index (χ4v) is 2.06. The van der Waals surface area contributed by atoms with Gasteiger partial charge < -0.3 is 16.2 Å². The van der Waals surface area contributed by atoms with Gasteiger partial charge >= 0.3 is 5.97 Å². The van der Waals surface area contributed by atoms with Gasteiger partial charge in [-0.2, -0.15) is 0 Å². The average molecular weight is 273 g/mol. The molecule has 20 heavy (non-hydrogen) atoms. The molecule has 6 heteroatoms. The lowest BCUT2D eigenvalue weighted by atomic mass is 10.1. The second kappa shape index (κ2) is 5.56. The summed E-state index contributed by atoms with van der Waals surface area (Å²) in [5.74, 6) is -1.52. The molecule has 1 aromatic carbocycles. The van der Waals surface area contributed by atoms with Crippen molar-refractivity contribution in [1.29, 1.82) is 0 Å². The molecule has 4 N–H and O–H groups in total. The van der Waals surface area contributed by atoms with Gasteiger partial charge in [0.1, 0.15) is 5.56 Å². The van der Waals surface area contributed by atoms with E-state index in [4.69, 9.17) is 5.73 Å². The predicted molar refractivity (Wildman–Crippen MR) is 75.6 cm³/mol. The van der Waals surface area contributed by atoms with Crippen LogP contribution >= 0.6 is 0 Å². The molecule has 0 aliphatic rings. The number of amides is 1. The number of anilines is 1. The van der Waals surface area contributed by atoms with Crippen molar-refractivity contribution in [3.63, 3.8) is 0 Å². The zero-order valence-corrected chi connectivity index (χ0v) is 11.0. The van der Waals surface area contributed by atoms with Gasteiger partial charge in [-0.25, -0.2) is 4.79 Å². The third-order valence-electron chi connectivity index (χ3n) is 2.90. The van der Waals surface area contributed by atoms with Crippen LogP contribution in [0.5, 0.6) is 0 Å². The summed E-state index contributed by atoms with van der Waals surface area (Å²) in [5.41, 5.74) is 6.36. The number of hydrogen-bond acceptors (Lipinski definition) is 4. The van der Waals surface area contributed by atoms with Crippen molar-refractivity contribution in [1.82, 2.24) is 4.98 Å². The number of aromatic carboxylic acids is 1. The minimum absolute atomic E-state index is 0.0695. The highest BCUT2D eigenvalue weighted by Crippen LogP contribution is 2.26. The lowest BCUT2D eigenvalue weighted by molar-refractivity contribution is -0.118. The summed E-state index contributed by atoms with van der Waals surface area (Å²) in [7, 11) is 0. The zero-order valence-electron chi connectivity index (χ0n) is 11.0. The number of fused-ring (bicyclic) bond motifs is 1. The van der Waals surface area contributed by atoms with Crippen molar-refractivity contribution in [2.45, 2.75) is 19.4 Å². The van der Waals surface area contributed by atoms with E-state index in [1.165, 1.54) is 6.20 Å². The van der Waals surface area contributed by atoms with Crippen molar-refractivity contribution in [3.05, 3.63) is 36.0 Å². The first-order valence-corrected chi connectivity index (χ1v) is 6.15. The monoisotopic (exact) mass is 273 g/mol. The van der Waals surface area contributed by atoms with Crippen LogP contribution in [0.2, 0.25) is 0 Å². The summed E-state index contributed by atoms with van der Waals surface area (Å²) in [6.45, 7) is 1.77. The first-order chi connectivity index (χ1) is 9.49. The Morgan fingerprint density at radius 1 is 1.40 bits per heavy atom. The van der Waals surface area contributed by atoms with E-state index in [1.807, 2.05) is 6.07 Å². The summed E-state index contributed by atoms with van der Waals surface area (Å²) in [6, 6.07) is 6.95. The van der Waals surface area contributed by atoms with Gasteiger partial charge in [-0.1, -0.05) is 18.2 Å². The van der Waals surface area contributed by atoms with Crippen molar-refractivity contribution < 1.29 is 14.7 Å². The second-order valence-electron chi connectivity index (χ2n) is 4.58. The standard InChI is InChI=1S/C14H15N3O3/c1-8(6-12(15)18)17-13-9-4-2-3-5-11(9)16-7-10(13)14(19)20/h2-5,7-8H,6H2,1H3,(H2,15,18)(H,16,17)(H,19,20). The Bertz CT molecular complexity index is 670. The molecule has 0 spiro atoms. The van der Waals surface area contributed by atoms with Crippen molar-refractivity contribution in [3.8, 4) is 0 Å². The van der Waals surface area contributed by atoms with E-state index in [-0.39, 0.29) is 18.0 Å². The number of hydrogen-bond donors (Lipinski definition) is 3. The number of carbonyl (C=O) groups is 2. The number of carboxylic acid groups (broad SMARTS) is 1. The number of nitrogens with zero attached hydrogens (tertiary/aromatic N) is 1. The summed E-state index contributed by atoms with van der Waals surface area (Å²) >= 11 is 0. The minimum atomic E-state index is -1.07. The number of carbonyl (C=O) groups excluding carboxylic acids is 1. The van der Waals surface area contributed by atoms with Crippen LogP contribution in [-0.2, 0) is 4.79 Å². The van der Waals surface area contributed by atoms with Gasteiger partial charge in [-0.15, -0.1) is 0 Å². The van der Waals surface area contributed by atoms with E-state index in [2.05, 4.69) is 10.3 Å². The summed E-state index contributed by atoms with van der Waals surface area (Å²) in [5, 5.41) is 13.0. The number of rotatable bonds is 5. The quantitative estimate of drug-likeness (QED) is 0.767.